The molecule has 2 aromatic rings. The Bertz CT molecular complexity index is 523. The van der Waals surface area contributed by atoms with Crippen LogP contribution in [-0.2, 0) is 13.1 Å². The van der Waals surface area contributed by atoms with Gasteiger partial charge in [-0.1, -0.05) is 6.92 Å². The number of anilines is 1. The van der Waals surface area contributed by atoms with Crippen molar-refractivity contribution in [1.29, 1.82) is 0 Å². The second kappa shape index (κ2) is 7.10. The topological polar surface area (TPSA) is 41.3 Å². The number of furan rings is 1. The maximum Gasteiger partial charge on any atom is 0.131 e. The standard InChI is InChI=1S/C16H23N3O/c1-4-6-17-9-15-8-13(2)16(18-10-15)19(3)11-14-5-7-20-12-14/h5,7-8,10,12,17H,4,6,9,11H2,1-3H3. The lowest BCUT2D eigenvalue weighted by Gasteiger charge is -2.20. The van der Waals surface area contributed by atoms with Crippen LogP contribution in [0.3, 0.4) is 0 Å². The number of pyridine rings is 1. The predicted octanol–water partition coefficient (Wildman–Crippen LogP) is 3.12. The Hall–Kier alpha value is -1.81. The van der Waals surface area contributed by atoms with Crippen molar-refractivity contribution in [2.45, 2.75) is 33.4 Å². The van der Waals surface area contributed by atoms with Gasteiger partial charge in [0.25, 0.3) is 0 Å². The minimum Gasteiger partial charge on any atom is -0.472 e. The molecule has 0 saturated carbocycles. The van der Waals surface area contributed by atoms with Crippen LogP contribution in [0.4, 0.5) is 5.82 Å². The predicted molar refractivity (Wildman–Crippen MR) is 81.8 cm³/mol. The first-order valence-corrected chi connectivity index (χ1v) is 7.09. The lowest BCUT2D eigenvalue weighted by molar-refractivity contribution is 0.563. The van der Waals surface area contributed by atoms with Gasteiger partial charge in [0.05, 0.1) is 12.5 Å². The van der Waals surface area contributed by atoms with E-state index in [4.69, 9.17) is 4.42 Å². The molecular weight excluding hydrogens is 250 g/mol. The van der Waals surface area contributed by atoms with Crippen molar-refractivity contribution in [2.75, 3.05) is 18.5 Å². The molecule has 1 N–H and O–H groups in total. The van der Waals surface area contributed by atoms with Crippen molar-refractivity contribution >= 4 is 5.82 Å². The molecule has 0 aliphatic heterocycles. The molecule has 2 aromatic heterocycles. The van der Waals surface area contributed by atoms with Crippen LogP contribution in [0.25, 0.3) is 0 Å². The molecule has 4 nitrogen and oxygen atoms in total. The highest BCUT2D eigenvalue weighted by Crippen LogP contribution is 2.19. The van der Waals surface area contributed by atoms with Gasteiger partial charge in [-0.2, -0.15) is 0 Å². The lowest BCUT2D eigenvalue weighted by atomic mass is 10.2. The molecule has 0 amide bonds. The first kappa shape index (κ1) is 14.6. The molecule has 20 heavy (non-hydrogen) atoms. The maximum atomic E-state index is 5.10. The maximum absolute atomic E-state index is 5.10. The van der Waals surface area contributed by atoms with E-state index in [1.807, 2.05) is 12.3 Å². The number of aromatic nitrogens is 1. The minimum absolute atomic E-state index is 0.803. The summed E-state index contributed by atoms with van der Waals surface area (Å²) in [5.41, 5.74) is 3.59. The molecule has 0 aliphatic rings. The van der Waals surface area contributed by atoms with Crippen molar-refractivity contribution in [3.8, 4) is 0 Å². The third-order valence-electron chi connectivity index (χ3n) is 3.22. The first-order valence-electron chi connectivity index (χ1n) is 7.09. The SMILES string of the molecule is CCCNCc1cnc(N(C)Cc2ccoc2)c(C)c1. The van der Waals surface area contributed by atoms with Crippen LogP contribution >= 0.6 is 0 Å². The smallest absolute Gasteiger partial charge is 0.131 e. The van der Waals surface area contributed by atoms with Crippen LogP contribution in [0.1, 0.15) is 30.0 Å². The molecule has 108 valence electrons. The number of nitrogens with one attached hydrogen (secondary N) is 1. The van der Waals surface area contributed by atoms with Crippen LogP contribution < -0.4 is 10.2 Å². The van der Waals surface area contributed by atoms with Crippen LogP contribution in [0.15, 0.2) is 35.3 Å². The van der Waals surface area contributed by atoms with E-state index in [1.54, 1.807) is 12.5 Å². The van der Waals surface area contributed by atoms with Gasteiger partial charge in [0.2, 0.25) is 0 Å². The van der Waals surface area contributed by atoms with Crippen LogP contribution in [0.5, 0.6) is 0 Å². The van der Waals surface area contributed by atoms with Gasteiger partial charge in [0.1, 0.15) is 5.82 Å². The Kier molecular flexibility index (Phi) is 5.18. The number of hydrogen-bond donors (Lipinski definition) is 1. The molecule has 4 heteroatoms. The Balaban J connectivity index is 2.01. The number of hydrogen-bond acceptors (Lipinski definition) is 4. The molecule has 0 unspecified atom stereocenters. The molecule has 0 fully saturated rings. The van der Waals surface area contributed by atoms with E-state index in [0.29, 0.717) is 0 Å². The molecule has 0 saturated heterocycles. The van der Waals surface area contributed by atoms with E-state index in [2.05, 4.69) is 42.2 Å². The lowest BCUT2D eigenvalue weighted by Crippen LogP contribution is -2.19. The molecule has 0 atom stereocenters. The Morgan fingerprint density at radius 2 is 2.20 bits per heavy atom. The summed E-state index contributed by atoms with van der Waals surface area (Å²) in [6.45, 7) is 7.01. The summed E-state index contributed by atoms with van der Waals surface area (Å²) in [4.78, 5) is 6.74. The van der Waals surface area contributed by atoms with Crippen molar-refractivity contribution in [3.63, 3.8) is 0 Å². The highest BCUT2D eigenvalue weighted by molar-refractivity contribution is 5.47. The fourth-order valence-electron chi connectivity index (χ4n) is 2.26. The zero-order valence-electron chi connectivity index (χ0n) is 12.5. The number of rotatable bonds is 7. The van der Waals surface area contributed by atoms with Crippen LogP contribution in [0, 0.1) is 6.92 Å². The Labute approximate surface area is 120 Å². The largest absolute Gasteiger partial charge is 0.472 e. The van der Waals surface area contributed by atoms with Crippen LogP contribution in [-0.4, -0.2) is 18.6 Å². The zero-order chi connectivity index (χ0) is 14.4. The second-order valence-electron chi connectivity index (χ2n) is 5.15. The van der Waals surface area contributed by atoms with Gasteiger partial charge in [-0.3, -0.25) is 0 Å². The van der Waals surface area contributed by atoms with Gasteiger partial charge < -0.3 is 14.6 Å². The van der Waals surface area contributed by atoms with Gasteiger partial charge in [-0.05, 0) is 43.1 Å². The minimum atomic E-state index is 0.803. The highest BCUT2D eigenvalue weighted by atomic mass is 16.3. The second-order valence-corrected chi connectivity index (χ2v) is 5.15. The number of aryl methyl sites for hydroxylation is 1. The molecule has 0 aromatic carbocycles. The third-order valence-corrected chi connectivity index (χ3v) is 3.22. The fourth-order valence-corrected chi connectivity index (χ4v) is 2.26. The first-order chi connectivity index (χ1) is 9.70. The molecule has 2 heterocycles. The normalized spacial score (nSPS) is 10.8. The van der Waals surface area contributed by atoms with E-state index in [-0.39, 0.29) is 0 Å². The zero-order valence-corrected chi connectivity index (χ0v) is 12.5. The van der Waals surface area contributed by atoms with E-state index in [1.165, 1.54) is 11.1 Å². The molecule has 0 radical (unpaired) electrons. The van der Waals surface area contributed by atoms with E-state index in [0.717, 1.165) is 37.4 Å². The van der Waals surface area contributed by atoms with Gasteiger partial charge in [0.15, 0.2) is 0 Å². The summed E-state index contributed by atoms with van der Waals surface area (Å²) in [6.07, 6.45) is 6.58. The summed E-state index contributed by atoms with van der Waals surface area (Å²) < 4.78 is 5.10. The fraction of sp³-hybridized carbons (Fsp3) is 0.438. The molecule has 0 bridgehead atoms. The highest BCUT2D eigenvalue weighted by Gasteiger charge is 2.08. The Morgan fingerprint density at radius 1 is 1.35 bits per heavy atom. The summed E-state index contributed by atoms with van der Waals surface area (Å²) in [6, 6.07) is 4.19. The van der Waals surface area contributed by atoms with E-state index >= 15 is 0 Å². The van der Waals surface area contributed by atoms with E-state index < -0.39 is 0 Å². The monoisotopic (exact) mass is 273 g/mol. The molecule has 0 spiro atoms. The van der Waals surface area contributed by atoms with Crippen molar-refractivity contribution in [2.24, 2.45) is 0 Å². The summed E-state index contributed by atoms with van der Waals surface area (Å²) >= 11 is 0. The average molecular weight is 273 g/mol. The van der Waals surface area contributed by atoms with Gasteiger partial charge >= 0.3 is 0 Å². The van der Waals surface area contributed by atoms with Crippen molar-refractivity contribution in [1.82, 2.24) is 10.3 Å². The summed E-state index contributed by atoms with van der Waals surface area (Å²) in [7, 11) is 2.05. The molecule has 0 aliphatic carbocycles. The average Bonchev–Trinajstić information content (AvgIpc) is 2.92. The summed E-state index contributed by atoms with van der Waals surface area (Å²) in [5.74, 6) is 1.02. The summed E-state index contributed by atoms with van der Waals surface area (Å²) in [5, 5.41) is 3.40. The van der Waals surface area contributed by atoms with Crippen molar-refractivity contribution < 1.29 is 4.42 Å². The van der Waals surface area contributed by atoms with E-state index in [9.17, 15) is 0 Å². The van der Waals surface area contributed by atoms with Crippen molar-refractivity contribution in [3.05, 3.63) is 47.5 Å². The molecule has 2 rings (SSSR count). The van der Waals surface area contributed by atoms with Gasteiger partial charge in [0, 0.05) is 31.9 Å². The Morgan fingerprint density at radius 3 is 2.85 bits per heavy atom. The van der Waals surface area contributed by atoms with Gasteiger partial charge in [-0.15, -0.1) is 0 Å². The third kappa shape index (κ3) is 3.84. The number of nitrogens with zero attached hydrogens (tertiary/aromatic N) is 2. The van der Waals surface area contributed by atoms with Crippen LogP contribution in [0.2, 0.25) is 0 Å². The quantitative estimate of drug-likeness (QED) is 0.787. The van der Waals surface area contributed by atoms with Gasteiger partial charge in [-0.25, -0.2) is 4.98 Å². The molecular formula is C16H23N3O.